The maximum atomic E-state index is 11.7. The van der Waals surface area contributed by atoms with E-state index >= 15 is 0 Å². The maximum Gasteiger partial charge on any atom is 0.251 e. The standard InChI is InChI=1S/C17H13N3OS/c1-18-16(21)12-7-8-14-15(9-12)22-17-19-13(10-20(14)17)11-5-3-2-4-6-11/h2-10H,1H3,(H,18,21). The fourth-order valence-corrected chi connectivity index (χ4v) is 3.58. The maximum absolute atomic E-state index is 11.7. The minimum absolute atomic E-state index is 0.0714. The van der Waals surface area contributed by atoms with Crippen molar-refractivity contribution in [3.8, 4) is 11.3 Å². The van der Waals surface area contributed by atoms with E-state index in [0.717, 1.165) is 26.4 Å². The highest BCUT2D eigenvalue weighted by molar-refractivity contribution is 7.23. The number of hydrogen-bond donors (Lipinski definition) is 1. The molecule has 0 unspecified atom stereocenters. The third-order valence-corrected chi connectivity index (χ3v) is 4.67. The summed E-state index contributed by atoms with van der Waals surface area (Å²) >= 11 is 1.59. The van der Waals surface area contributed by atoms with Gasteiger partial charge in [0.25, 0.3) is 5.91 Å². The molecule has 1 N–H and O–H groups in total. The summed E-state index contributed by atoms with van der Waals surface area (Å²) in [6, 6.07) is 15.9. The fraction of sp³-hybridized carbons (Fsp3) is 0.0588. The van der Waals surface area contributed by atoms with E-state index in [2.05, 4.69) is 21.9 Å². The first-order chi connectivity index (χ1) is 10.8. The van der Waals surface area contributed by atoms with Crippen LogP contribution in [0.4, 0.5) is 0 Å². The molecule has 4 nitrogen and oxygen atoms in total. The zero-order valence-electron chi connectivity index (χ0n) is 11.9. The number of aromatic nitrogens is 2. The lowest BCUT2D eigenvalue weighted by Crippen LogP contribution is -2.17. The molecule has 108 valence electrons. The first-order valence-electron chi connectivity index (χ1n) is 6.95. The molecule has 0 atom stereocenters. The van der Waals surface area contributed by atoms with Crippen LogP contribution < -0.4 is 5.32 Å². The van der Waals surface area contributed by atoms with Crippen molar-refractivity contribution in [3.63, 3.8) is 0 Å². The molecule has 0 aliphatic rings. The molecule has 1 amide bonds. The van der Waals surface area contributed by atoms with Crippen LogP contribution in [0, 0.1) is 0 Å². The van der Waals surface area contributed by atoms with Gasteiger partial charge in [-0.1, -0.05) is 41.7 Å². The Morgan fingerprint density at radius 2 is 2.00 bits per heavy atom. The monoisotopic (exact) mass is 307 g/mol. The van der Waals surface area contributed by atoms with E-state index in [1.165, 1.54) is 0 Å². The number of fused-ring (bicyclic) bond motifs is 3. The van der Waals surface area contributed by atoms with Crippen LogP contribution in [0.1, 0.15) is 10.4 Å². The number of nitrogens with zero attached hydrogens (tertiary/aromatic N) is 2. The van der Waals surface area contributed by atoms with E-state index in [0.29, 0.717) is 5.56 Å². The first kappa shape index (κ1) is 13.0. The van der Waals surface area contributed by atoms with E-state index in [-0.39, 0.29) is 5.91 Å². The van der Waals surface area contributed by atoms with Gasteiger partial charge < -0.3 is 5.32 Å². The second kappa shape index (κ2) is 4.96. The minimum atomic E-state index is -0.0714. The molecule has 0 radical (unpaired) electrons. The Balaban J connectivity index is 1.87. The molecular weight excluding hydrogens is 294 g/mol. The lowest BCUT2D eigenvalue weighted by Gasteiger charge is -1.99. The van der Waals surface area contributed by atoms with Gasteiger partial charge in [-0.15, -0.1) is 0 Å². The minimum Gasteiger partial charge on any atom is -0.355 e. The van der Waals surface area contributed by atoms with Gasteiger partial charge in [-0.25, -0.2) is 4.98 Å². The molecule has 2 aromatic carbocycles. The molecule has 0 fully saturated rings. The summed E-state index contributed by atoms with van der Waals surface area (Å²) in [6.07, 6.45) is 2.04. The summed E-state index contributed by atoms with van der Waals surface area (Å²) in [5, 5.41) is 2.65. The molecule has 0 aliphatic carbocycles. The average molecular weight is 307 g/mol. The fourth-order valence-electron chi connectivity index (χ4n) is 2.53. The normalized spacial score (nSPS) is 11.1. The van der Waals surface area contributed by atoms with Crippen molar-refractivity contribution in [2.75, 3.05) is 7.05 Å². The summed E-state index contributed by atoms with van der Waals surface area (Å²) < 4.78 is 3.14. The van der Waals surface area contributed by atoms with Crippen molar-refractivity contribution >= 4 is 32.4 Å². The molecule has 2 heterocycles. The molecule has 0 saturated carbocycles. The smallest absolute Gasteiger partial charge is 0.251 e. The number of thiazole rings is 1. The van der Waals surface area contributed by atoms with Gasteiger partial charge in [-0.3, -0.25) is 9.20 Å². The third kappa shape index (κ3) is 1.98. The van der Waals surface area contributed by atoms with Crippen LogP contribution in [-0.2, 0) is 0 Å². The number of amides is 1. The number of benzene rings is 2. The molecule has 4 aromatic rings. The van der Waals surface area contributed by atoms with E-state index in [4.69, 9.17) is 4.98 Å². The van der Waals surface area contributed by atoms with Gasteiger partial charge in [0.05, 0.1) is 15.9 Å². The van der Waals surface area contributed by atoms with Crippen molar-refractivity contribution in [2.24, 2.45) is 0 Å². The van der Waals surface area contributed by atoms with Gasteiger partial charge in [0.2, 0.25) is 0 Å². The predicted molar refractivity (Wildman–Crippen MR) is 89.4 cm³/mol. The zero-order valence-corrected chi connectivity index (χ0v) is 12.7. The quantitative estimate of drug-likeness (QED) is 0.615. The lowest BCUT2D eigenvalue weighted by molar-refractivity contribution is 0.0963. The molecule has 0 saturated heterocycles. The second-order valence-electron chi connectivity index (χ2n) is 5.01. The van der Waals surface area contributed by atoms with E-state index in [9.17, 15) is 4.79 Å². The lowest BCUT2D eigenvalue weighted by atomic mass is 10.2. The largest absolute Gasteiger partial charge is 0.355 e. The number of hydrogen-bond acceptors (Lipinski definition) is 3. The van der Waals surface area contributed by atoms with Crippen LogP contribution in [0.3, 0.4) is 0 Å². The van der Waals surface area contributed by atoms with E-state index < -0.39 is 0 Å². The van der Waals surface area contributed by atoms with Crippen LogP contribution in [0.2, 0.25) is 0 Å². The molecule has 0 spiro atoms. The third-order valence-electron chi connectivity index (χ3n) is 3.65. The predicted octanol–water partition coefficient (Wildman–Crippen LogP) is 3.58. The summed E-state index contributed by atoms with van der Waals surface area (Å²) in [4.78, 5) is 17.3. The van der Waals surface area contributed by atoms with Gasteiger partial charge in [0.1, 0.15) is 0 Å². The topological polar surface area (TPSA) is 46.4 Å². The van der Waals surface area contributed by atoms with Crippen molar-refractivity contribution in [1.29, 1.82) is 0 Å². The van der Waals surface area contributed by atoms with Crippen molar-refractivity contribution in [3.05, 3.63) is 60.3 Å². The van der Waals surface area contributed by atoms with Crippen LogP contribution in [0.5, 0.6) is 0 Å². The highest BCUT2D eigenvalue weighted by Crippen LogP contribution is 2.30. The van der Waals surface area contributed by atoms with Crippen molar-refractivity contribution in [1.82, 2.24) is 14.7 Å². The number of carbonyl (C=O) groups excluding carboxylic acids is 1. The van der Waals surface area contributed by atoms with Crippen molar-refractivity contribution in [2.45, 2.75) is 0 Å². The van der Waals surface area contributed by atoms with Gasteiger partial charge in [0, 0.05) is 24.4 Å². The Kier molecular flexibility index (Phi) is 2.94. The van der Waals surface area contributed by atoms with Crippen LogP contribution in [0.15, 0.2) is 54.7 Å². The number of carbonyl (C=O) groups is 1. The first-order valence-corrected chi connectivity index (χ1v) is 7.77. The highest BCUT2D eigenvalue weighted by Gasteiger charge is 2.12. The Morgan fingerprint density at radius 3 is 2.77 bits per heavy atom. The Hall–Kier alpha value is -2.66. The number of nitrogens with one attached hydrogen (secondary N) is 1. The van der Waals surface area contributed by atoms with Crippen LogP contribution >= 0.6 is 11.3 Å². The molecule has 2 aromatic heterocycles. The Bertz CT molecular complexity index is 985. The number of rotatable bonds is 2. The molecule has 4 rings (SSSR count). The van der Waals surface area contributed by atoms with Gasteiger partial charge in [0.15, 0.2) is 4.96 Å². The van der Waals surface area contributed by atoms with Gasteiger partial charge in [-0.05, 0) is 18.2 Å². The van der Waals surface area contributed by atoms with Gasteiger partial charge in [-0.2, -0.15) is 0 Å². The molecule has 5 heteroatoms. The molecule has 0 aliphatic heterocycles. The number of imidazole rings is 1. The van der Waals surface area contributed by atoms with Crippen LogP contribution in [-0.4, -0.2) is 22.3 Å². The van der Waals surface area contributed by atoms with Crippen LogP contribution in [0.25, 0.3) is 26.4 Å². The van der Waals surface area contributed by atoms with E-state index in [1.54, 1.807) is 18.4 Å². The summed E-state index contributed by atoms with van der Waals surface area (Å²) in [6.45, 7) is 0. The summed E-state index contributed by atoms with van der Waals surface area (Å²) in [5.41, 5.74) is 3.81. The molecule has 0 bridgehead atoms. The highest BCUT2D eigenvalue weighted by atomic mass is 32.1. The summed E-state index contributed by atoms with van der Waals surface area (Å²) in [5.74, 6) is -0.0714. The Labute approximate surface area is 131 Å². The van der Waals surface area contributed by atoms with Gasteiger partial charge >= 0.3 is 0 Å². The van der Waals surface area contributed by atoms with E-state index in [1.807, 2.05) is 42.6 Å². The SMILES string of the molecule is CNC(=O)c1ccc2c(c1)sc1nc(-c3ccccc3)cn12. The van der Waals surface area contributed by atoms with Crippen molar-refractivity contribution < 1.29 is 4.79 Å². The zero-order chi connectivity index (χ0) is 15.1. The molecule has 22 heavy (non-hydrogen) atoms. The Morgan fingerprint density at radius 1 is 1.18 bits per heavy atom. The summed E-state index contributed by atoms with van der Waals surface area (Å²) in [7, 11) is 1.64. The second-order valence-corrected chi connectivity index (χ2v) is 6.02. The average Bonchev–Trinajstić information content (AvgIpc) is 3.12. The molecular formula is C17H13N3OS.